The molecule has 6 nitrogen and oxygen atoms in total. The number of hydrogen-bond acceptors (Lipinski definition) is 4. The summed E-state index contributed by atoms with van der Waals surface area (Å²) >= 11 is 5.81. The molecule has 1 aliphatic rings. The van der Waals surface area contributed by atoms with Crippen molar-refractivity contribution in [2.75, 3.05) is 13.1 Å². The molecule has 1 unspecified atom stereocenters. The molecule has 2 rings (SSSR count). The lowest BCUT2D eigenvalue weighted by molar-refractivity contribution is -0.384. The molecule has 1 atom stereocenters. The van der Waals surface area contributed by atoms with Crippen molar-refractivity contribution in [3.05, 3.63) is 38.9 Å². The van der Waals surface area contributed by atoms with E-state index in [0.717, 1.165) is 12.8 Å². The van der Waals surface area contributed by atoms with Gasteiger partial charge in [-0.15, -0.1) is 12.4 Å². The van der Waals surface area contributed by atoms with Gasteiger partial charge in [-0.1, -0.05) is 11.6 Å². The summed E-state index contributed by atoms with van der Waals surface area (Å²) in [5.74, 6) is -0.263. The highest BCUT2D eigenvalue weighted by Gasteiger charge is 2.24. The van der Waals surface area contributed by atoms with E-state index in [4.69, 9.17) is 17.3 Å². The van der Waals surface area contributed by atoms with Gasteiger partial charge in [-0.05, 0) is 18.9 Å². The molecule has 1 saturated heterocycles. The van der Waals surface area contributed by atoms with Gasteiger partial charge in [-0.25, -0.2) is 0 Å². The third-order valence-corrected chi connectivity index (χ3v) is 3.30. The predicted octanol–water partition coefficient (Wildman–Crippen LogP) is 2.23. The zero-order chi connectivity index (χ0) is 14.0. The number of piperidine rings is 1. The average Bonchev–Trinajstić information content (AvgIpc) is 2.37. The molecule has 20 heavy (non-hydrogen) atoms. The molecule has 0 radical (unpaired) electrons. The number of carbonyl (C=O) groups is 1. The van der Waals surface area contributed by atoms with E-state index < -0.39 is 4.92 Å². The van der Waals surface area contributed by atoms with Crippen LogP contribution in [0.3, 0.4) is 0 Å². The maximum absolute atomic E-state index is 12.3. The second kappa shape index (κ2) is 6.88. The number of likely N-dealkylation sites (tertiary alicyclic amines) is 1. The zero-order valence-electron chi connectivity index (χ0n) is 10.6. The van der Waals surface area contributed by atoms with E-state index in [1.54, 1.807) is 4.90 Å². The van der Waals surface area contributed by atoms with Gasteiger partial charge in [0, 0.05) is 41.9 Å². The largest absolute Gasteiger partial charge is 0.337 e. The quantitative estimate of drug-likeness (QED) is 0.668. The van der Waals surface area contributed by atoms with Crippen molar-refractivity contribution >= 4 is 35.6 Å². The highest BCUT2D eigenvalue weighted by molar-refractivity contribution is 6.31. The van der Waals surface area contributed by atoms with Gasteiger partial charge < -0.3 is 10.6 Å². The Balaban J connectivity index is 0.00000200. The fraction of sp³-hybridized carbons (Fsp3) is 0.417. The van der Waals surface area contributed by atoms with E-state index in [0.29, 0.717) is 13.1 Å². The van der Waals surface area contributed by atoms with Crippen LogP contribution in [0.2, 0.25) is 5.02 Å². The summed E-state index contributed by atoms with van der Waals surface area (Å²) in [6.45, 7) is 1.09. The van der Waals surface area contributed by atoms with E-state index in [9.17, 15) is 14.9 Å². The Morgan fingerprint density at radius 3 is 2.75 bits per heavy atom. The van der Waals surface area contributed by atoms with E-state index in [2.05, 4.69) is 0 Å². The number of hydrogen-bond donors (Lipinski definition) is 1. The number of nitro benzene ring substituents is 1. The minimum absolute atomic E-state index is 0. The molecule has 110 valence electrons. The molecule has 1 aromatic carbocycles. The van der Waals surface area contributed by atoms with Crippen LogP contribution in [0.1, 0.15) is 23.2 Å². The van der Waals surface area contributed by atoms with Crippen LogP contribution in [-0.2, 0) is 0 Å². The Labute approximate surface area is 127 Å². The predicted molar refractivity (Wildman–Crippen MR) is 78.5 cm³/mol. The fourth-order valence-electron chi connectivity index (χ4n) is 2.18. The van der Waals surface area contributed by atoms with E-state index in [-0.39, 0.29) is 40.6 Å². The Bertz CT molecular complexity index is 525. The summed E-state index contributed by atoms with van der Waals surface area (Å²) in [5.41, 5.74) is 5.87. The molecular formula is C12H15Cl2N3O3. The van der Waals surface area contributed by atoms with Crippen LogP contribution in [-0.4, -0.2) is 34.9 Å². The van der Waals surface area contributed by atoms with Crippen molar-refractivity contribution in [2.45, 2.75) is 18.9 Å². The minimum atomic E-state index is -0.565. The molecule has 0 bridgehead atoms. The van der Waals surface area contributed by atoms with Crippen LogP contribution in [0.4, 0.5) is 5.69 Å². The normalized spacial score (nSPS) is 18.3. The first-order valence-electron chi connectivity index (χ1n) is 5.97. The lowest BCUT2D eigenvalue weighted by atomic mass is 10.1. The van der Waals surface area contributed by atoms with Crippen molar-refractivity contribution in [1.29, 1.82) is 0 Å². The van der Waals surface area contributed by atoms with E-state index >= 15 is 0 Å². The number of nitro groups is 1. The summed E-state index contributed by atoms with van der Waals surface area (Å²) in [6.07, 6.45) is 1.73. The smallest absolute Gasteiger partial charge is 0.271 e. The first-order chi connectivity index (χ1) is 8.97. The monoisotopic (exact) mass is 319 g/mol. The Kier molecular flexibility index (Phi) is 5.74. The minimum Gasteiger partial charge on any atom is -0.337 e. The summed E-state index contributed by atoms with van der Waals surface area (Å²) in [4.78, 5) is 24.1. The van der Waals surface area contributed by atoms with E-state index in [1.807, 2.05) is 0 Å². The molecule has 0 aliphatic carbocycles. The number of carbonyl (C=O) groups excluding carboxylic acids is 1. The fourth-order valence-corrected chi connectivity index (χ4v) is 2.41. The zero-order valence-corrected chi connectivity index (χ0v) is 12.2. The van der Waals surface area contributed by atoms with Crippen molar-refractivity contribution in [3.8, 4) is 0 Å². The SMILES string of the molecule is Cl.NC1CCCN(C(=O)c2cc(Cl)cc([N+](=O)[O-])c2)C1. The molecule has 0 aromatic heterocycles. The van der Waals surface area contributed by atoms with Crippen LogP contribution >= 0.6 is 24.0 Å². The van der Waals surface area contributed by atoms with Gasteiger partial charge in [0.05, 0.1) is 4.92 Å². The lowest BCUT2D eigenvalue weighted by Crippen LogP contribution is -2.45. The van der Waals surface area contributed by atoms with Gasteiger partial charge in [0.15, 0.2) is 0 Å². The van der Waals surface area contributed by atoms with Crippen LogP contribution in [0, 0.1) is 10.1 Å². The molecule has 2 N–H and O–H groups in total. The van der Waals surface area contributed by atoms with Crippen LogP contribution < -0.4 is 5.73 Å². The van der Waals surface area contributed by atoms with Crippen molar-refractivity contribution < 1.29 is 9.72 Å². The van der Waals surface area contributed by atoms with Gasteiger partial charge in [0.25, 0.3) is 11.6 Å². The molecule has 0 saturated carbocycles. The average molecular weight is 320 g/mol. The Hall–Kier alpha value is -1.37. The van der Waals surface area contributed by atoms with Crippen LogP contribution in [0.25, 0.3) is 0 Å². The third kappa shape index (κ3) is 3.82. The van der Waals surface area contributed by atoms with Gasteiger partial charge >= 0.3 is 0 Å². The number of amides is 1. The number of non-ortho nitro benzene ring substituents is 1. The van der Waals surface area contributed by atoms with Crippen LogP contribution in [0.5, 0.6) is 0 Å². The Morgan fingerprint density at radius 2 is 2.15 bits per heavy atom. The molecule has 0 spiro atoms. The number of nitrogens with zero attached hydrogens (tertiary/aromatic N) is 2. The molecule has 1 aliphatic heterocycles. The summed E-state index contributed by atoms with van der Waals surface area (Å²) in [5, 5.41) is 10.9. The number of rotatable bonds is 2. The molecular weight excluding hydrogens is 305 g/mol. The van der Waals surface area contributed by atoms with Gasteiger partial charge in [0.1, 0.15) is 0 Å². The molecule has 1 aromatic rings. The number of benzene rings is 1. The molecule has 1 heterocycles. The standard InChI is InChI=1S/C12H14ClN3O3.ClH/c13-9-4-8(5-11(6-9)16(18)19)12(17)15-3-1-2-10(14)7-15;/h4-6,10H,1-3,7,14H2;1H. The third-order valence-electron chi connectivity index (χ3n) is 3.09. The maximum Gasteiger partial charge on any atom is 0.271 e. The maximum atomic E-state index is 12.3. The highest BCUT2D eigenvalue weighted by Crippen LogP contribution is 2.22. The van der Waals surface area contributed by atoms with Crippen molar-refractivity contribution in [1.82, 2.24) is 4.90 Å². The van der Waals surface area contributed by atoms with Crippen molar-refractivity contribution in [3.63, 3.8) is 0 Å². The summed E-state index contributed by atoms with van der Waals surface area (Å²) < 4.78 is 0. The molecule has 8 heteroatoms. The Morgan fingerprint density at radius 1 is 1.45 bits per heavy atom. The first kappa shape index (κ1) is 16.7. The number of nitrogens with two attached hydrogens (primary N) is 1. The van der Waals surface area contributed by atoms with E-state index in [1.165, 1.54) is 18.2 Å². The summed E-state index contributed by atoms with van der Waals surface area (Å²) in [7, 11) is 0. The topological polar surface area (TPSA) is 89.5 Å². The molecule has 1 amide bonds. The first-order valence-corrected chi connectivity index (χ1v) is 6.35. The van der Waals surface area contributed by atoms with Gasteiger partial charge in [-0.2, -0.15) is 0 Å². The second-order valence-electron chi connectivity index (χ2n) is 4.61. The van der Waals surface area contributed by atoms with Crippen molar-refractivity contribution in [2.24, 2.45) is 5.73 Å². The summed E-state index contributed by atoms with van der Waals surface area (Å²) in [6, 6.07) is 3.87. The highest BCUT2D eigenvalue weighted by atomic mass is 35.5. The lowest BCUT2D eigenvalue weighted by Gasteiger charge is -2.30. The second-order valence-corrected chi connectivity index (χ2v) is 5.05. The number of halogens is 2. The van der Waals surface area contributed by atoms with Gasteiger partial charge in [-0.3, -0.25) is 14.9 Å². The van der Waals surface area contributed by atoms with Crippen LogP contribution in [0.15, 0.2) is 18.2 Å². The van der Waals surface area contributed by atoms with Gasteiger partial charge in [0.2, 0.25) is 0 Å². The molecule has 1 fully saturated rings.